The average Bonchev–Trinajstić information content (AvgIpc) is 2.53. The molecule has 18 heavy (non-hydrogen) atoms. The second-order valence-corrected chi connectivity index (χ2v) is 6.63. The zero-order chi connectivity index (χ0) is 13.3. The van der Waals surface area contributed by atoms with Crippen molar-refractivity contribution in [2.75, 3.05) is 0 Å². The van der Waals surface area contributed by atoms with Crippen LogP contribution in [-0.2, 0) is 6.54 Å². The topological polar surface area (TPSA) is 17.8 Å². The van der Waals surface area contributed by atoms with E-state index in [1.807, 2.05) is 0 Å². The molecule has 98 valence electrons. The molecule has 1 atom stereocenters. The smallest absolute Gasteiger partial charge is 0.106 e. The number of benzene rings is 1. The van der Waals surface area contributed by atoms with Gasteiger partial charge in [0.25, 0.3) is 0 Å². The molecule has 2 aromatic rings. The molecule has 0 aliphatic carbocycles. The number of aromatic nitrogens is 2. The van der Waals surface area contributed by atoms with Crippen LogP contribution in [0, 0.1) is 18.3 Å². The van der Waals surface area contributed by atoms with E-state index in [9.17, 15) is 0 Å². The Hall–Kier alpha value is -1.31. The van der Waals surface area contributed by atoms with E-state index >= 15 is 0 Å². The standard InChI is InChI=1S/C16H24N2/c1-12(10-16(3,4)5)11-18-13(2)17-14-8-6-7-9-15(14)18/h6-9,12H,10-11H2,1-5H3. The Balaban J connectivity index is 2.24. The highest BCUT2D eigenvalue weighted by Crippen LogP contribution is 2.26. The molecule has 2 rings (SSSR count). The van der Waals surface area contributed by atoms with Gasteiger partial charge < -0.3 is 4.57 Å². The average molecular weight is 244 g/mol. The molecule has 1 aromatic carbocycles. The van der Waals surface area contributed by atoms with Gasteiger partial charge >= 0.3 is 0 Å². The lowest BCUT2D eigenvalue weighted by atomic mass is 9.85. The third-order valence-electron chi connectivity index (χ3n) is 3.30. The van der Waals surface area contributed by atoms with Gasteiger partial charge in [-0.2, -0.15) is 0 Å². The van der Waals surface area contributed by atoms with E-state index < -0.39 is 0 Å². The fourth-order valence-electron chi connectivity index (χ4n) is 2.85. The summed E-state index contributed by atoms with van der Waals surface area (Å²) in [6, 6.07) is 8.40. The molecule has 0 bridgehead atoms. The molecule has 1 heterocycles. The highest BCUT2D eigenvalue weighted by atomic mass is 15.1. The number of fused-ring (bicyclic) bond motifs is 1. The molecule has 0 aliphatic rings. The molecule has 0 amide bonds. The number of imidazole rings is 1. The van der Waals surface area contributed by atoms with Crippen molar-refractivity contribution in [3.8, 4) is 0 Å². The Morgan fingerprint density at radius 1 is 1.22 bits per heavy atom. The van der Waals surface area contributed by atoms with Gasteiger partial charge in [0.2, 0.25) is 0 Å². The maximum atomic E-state index is 4.63. The summed E-state index contributed by atoms with van der Waals surface area (Å²) < 4.78 is 2.35. The summed E-state index contributed by atoms with van der Waals surface area (Å²) in [7, 11) is 0. The van der Waals surface area contributed by atoms with Crippen LogP contribution >= 0.6 is 0 Å². The van der Waals surface area contributed by atoms with Crippen LogP contribution in [0.15, 0.2) is 24.3 Å². The summed E-state index contributed by atoms with van der Waals surface area (Å²) in [5.74, 6) is 1.79. The highest BCUT2D eigenvalue weighted by Gasteiger charge is 2.17. The molecule has 0 N–H and O–H groups in total. The molecule has 1 unspecified atom stereocenters. The molecule has 0 saturated carbocycles. The molecular weight excluding hydrogens is 220 g/mol. The SMILES string of the molecule is Cc1nc2ccccc2n1CC(C)CC(C)(C)C. The van der Waals surface area contributed by atoms with Crippen LogP contribution in [0.2, 0.25) is 0 Å². The third-order valence-corrected chi connectivity index (χ3v) is 3.30. The van der Waals surface area contributed by atoms with E-state index in [0.29, 0.717) is 11.3 Å². The molecule has 0 saturated heterocycles. The van der Waals surface area contributed by atoms with Gasteiger partial charge in [-0.05, 0) is 36.8 Å². The van der Waals surface area contributed by atoms with Gasteiger partial charge in [-0.3, -0.25) is 0 Å². The first-order valence-electron chi connectivity index (χ1n) is 6.79. The minimum atomic E-state index is 0.393. The Kier molecular flexibility index (Phi) is 3.47. The molecule has 0 fully saturated rings. The van der Waals surface area contributed by atoms with Gasteiger partial charge in [-0.25, -0.2) is 4.98 Å². The Morgan fingerprint density at radius 3 is 2.56 bits per heavy atom. The summed E-state index contributed by atoms with van der Waals surface area (Å²) in [4.78, 5) is 4.63. The first-order chi connectivity index (χ1) is 8.37. The summed E-state index contributed by atoms with van der Waals surface area (Å²) >= 11 is 0. The van der Waals surface area contributed by atoms with Gasteiger partial charge in [-0.1, -0.05) is 39.8 Å². The summed E-state index contributed by atoms with van der Waals surface area (Å²) in [6.07, 6.45) is 1.24. The minimum Gasteiger partial charge on any atom is -0.328 e. The monoisotopic (exact) mass is 244 g/mol. The fraction of sp³-hybridized carbons (Fsp3) is 0.562. The van der Waals surface area contributed by atoms with E-state index in [1.54, 1.807) is 0 Å². The van der Waals surface area contributed by atoms with Crippen LogP contribution < -0.4 is 0 Å². The molecule has 0 spiro atoms. The zero-order valence-corrected chi connectivity index (χ0v) is 12.2. The van der Waals surface area contributed by atoms with Crippen LogP contribution in [-0.4, -0.2) is 9.55 Å². The van der Waals surface area contributed by atoms with Crippen molar-refractivity contribution in [3.05, 3.63) is 30.1 Å². The second kappa shape index (κ2) is 4.75. The lowest BCUT2D eigenvalue weighted by Gasteiger charge is -2.24. The van der Waals surface area contributed by atoms with Gasteiger partial charge in [0.1, 0.15) is 5.82 Å². The highest BCUT2D eigenvalue weighted by molar-refractivity contribution is 5.75. The van der Waals surface area contributed by atoms with Crippen LogP contribution in [0.5, 0.6) is 0 Å². The summed E-state index contributed by atoms with van der Waals surface area (Å²) in [6.45, 7) is 12.4. The van der Waals surface area contributed by atoms with Gasteiger partial charge in [0.15, 0.2) is 0 Å². The van der Waals surface area contributed by atoms with Crippen molar-refractivity contribution in [2.45, 2.75) is 47.6 Å². The van der Waals surface area contributed by atoms with Crippen molar-refractivity contribution < 1.29 is 0 Å². The van der Waals surface area contributed by atoms with E-state index in [2.05, 4.69) is 68.4 Å². The molecule has 2 nitrogen and oxygen atoms in total. The first kappa shape index (κ1) is 13.1. The summed E-state index contributed by atoms with van der Waals surface area (Å²) in [5.41, 5.74) is 2.76. The Bertz CT molecular complexity index is 532. The van der Waals surface area contributed by atoms with E-state index in [4.69, 9.17) is 0 Å². The molecule has 0 radical (unpaired) electrons. The molecular formula is C16H24N2. The van der Waals surface area contributed by atoms with Crippen LogP contribution in [0.25, 0.3) is 11.0 Å². The van der Waals surface area contributed by atoms with Gasteiger partial charge in [-0.15, -0.1) is 0 Å². The zero-order valence-electron chi connectivity index (χ0n) is 12.2. The van der Waals surface area contributed by atoms with E-state index in [-0.39, 0.29) is 0 Å². The van der Waals surface area contributed by atoms with Crippen LogP contribution in [0.3, 0.4) is 0 Å². The van der Waals surface area contributed by atoms with Crippen molar-refractivity contribution in [1.82, 2.24) is 9.55 Å². The second-order valence-electron chi connectivity index (χ2n) is 6.63. The largest absolute Gasteiger partial charge is 0.328 e. The molecule has 2 heteroatoms. The first-order valence-corrected chi connectivity index (χ1v) is 6.79. The normalized spacial score (nSPS) is 14.1. The maximum Gasteiger partial charge on any atom is 0.106 e. The number of rotatable bonds is 3. The number of hydrogen-bond acceptors (Lipinski definition) is 1. The molecule has 1 aromatic heterocycles. The van der Waals surface area contributed by atoms with Crippen LogP contribution in [0.1, 0.15) is 39.9 Å². The predicted molar refractivity (Wildman–Crippen MR) is 77.7 cm³/mol. The predicted octanol–water partition coefficient (Wildman–Crippen LogP) is 4.42. The Morgan fingerprint density at radius 2 is 1.89 bits per heavy atom. The number of nitrogens with zero attached hydrogens (tertiary/aromatic N) is 2. The van der Waals surface area contributed by atoms with Gasteiger partial charge in [0.05, 0.1) is 11.0 Å². The van der Waals surface area contributed by atoms with Crippen molar-refractivity contribution in [2.24, 2.45) is 11.3 Å². The van der Waals surface area contributed by atoms with E-state index in [1.165, 1.54) is 11.9 Å². The van der Waals surface area contributed by atoms with Crippen molar-refractivity contribution in [1.29, 1.82) is 0 Å². The van der Waals surface area contributed by atoms with Crippen LogP contribution in [0.4, 0.5) is 0 Å². The minimum absolute atomic E-state index is 0.393. The Labute approximate surface area is 110 Å². The maximum absolute atomic E-state index is 4.63. The number of para-hydroxylation sites is 2. The van der Waals surface area contributed by atoms with Crippen molar-refractivity contribution in [3.63, 3.8) is 0 Å². The van der Waals surface area contributed by atoms with Crippen molar-refractivity contribution >= 4 is 11.0 Å². The summed E-state index contributed by atoms with van der Waals surface area (Å²) in [5, 5.41) is 0. The molecule has 0 aliphatic heterocycles. The lowest BCUT2D eigenvalue weighted by Crippen LogP contribution is -2.16. The third kappa shape index (κ3) is 2.92. The quantitative estimate of drug-likeness (QED) is 0.781. The lowest BCUT2D eigenvalue weighted by molar-refractivity contribution is 0.286. The van der Waals surface area contributed by atoms with E-state index in [0.717, 1.165) is 17.9 Å². The number of aryl methyl sites for hydroxylation is 1. The fourth-order valence-corrected chi connectivity index (χ4v) is 2.85. The van der Waals surface area contributed by atoms with Gasteiger partial charge in [0, 0.05) is 6.54 Å². The number of hydrogen-bond donors (Lipinski definition) is 0.